The first-order chi connectivity index (χ1) is 12.4. The van der Waals surface area contributed by atoms with E-state index in [2.05, 4.69) is 0 Å². The molecule has 1 aromatic carbocycles. The Morgan fingerprint density at radius 3 is 2.73 bits per heavy atom. The summed E-state index contributed by atoms with van der Waals surface area (Å²) < 4.78 is 11.0. The number of likely N-dealkylation sites (N-methyl/N-ethyl adjacent to an activating group) is 1. The van der Waals surface area contributed by atoms with Crippen LogP contribution in [0.2, 0.25) is 0 Å². The second kappa shape index (κ2) is 7.07. The number of Topliss-reactive ketones (excluding diaryl/α,β-unsaturated/α-hetero) is 1. The van der Waals surface area contributed by atoms with E-state index in [4.69, 9.17) is 9.15 Å². The Labute approximate surface area is 151 Å². The summed E-state index contributed by atoms with van der Waals surface area (Å²) in [5.74, 6) is -0.318. The van der Waals surface area contributed by atoms with E-state index >= 15 is 0 Å². The largest absolute Gasteiger partial charge is 0.503 e. The number of aliphatic hydroxyl groups is 1. The molecule has 1 aliphatic rings. The Morgan fingerprint density at radius 1 is 1.31 bits per heavy atom. The molecule has 2 aromatic rings. The van der Waals surface area contributed by atoms with Crippen LogP contribution in [0.1, 0.15) is 41.3 Å². The molecule has 1 aromatic heterocycles. The molecule has 0 bridgehead atoms. The van der Waals surface area contributed by atoms with Gasteiger partial charge in [0.05, 0.1) is 18.2 Å². The summed E-state index contributed by atoms with van der Waals surface area (Å²) in [6, 6.07) is 9.70. The van der Waals surface area contributed by atoms with Crippen molar-refractivity contribution in [2.45, 2.75) is 26.3 Å². The molecule has 0 aliphatic carbocycles. The van der Waals surface area contributed by atoms with Crippen LogP contribution >= 0.6 is 0 Å². The Bertz CT molecular complexity index is 880. The Kier molecular flexibility index (Phi) is 4.84. The van der Waals surface area contributed by atoms with Gasteiger partial charge in [0, 0.05) is 7.05 Å². The van der Waals surface area contributed by atoms with Gasteiger partial charge in [-0.1, -0.05) is 19.1 Å². The van der Waals surface area contributed by atoms with E-state index in [0.717, 1.165) is 6.42 Å². The molecule has 1 amide bonds. The standard InChI is InChI=1S/C20H21NO5/c1-4-10-25-14-7-5-6-13(11-14)17-16(19(23)20(24)21(17)3)18(22)15-9-8-12(2)26-15/h5-9,11,17,23H,4,10H2,1-3H3. The van der Waals surface area contributed by atoms with Gasteiger partial charge in [0.25, 0.3) is 5.91 Å². The van der Waals surface area contributed by atoms with Crippen LogP contribution < -0.4 is 4.74 Å². The smallest absolute Gasteiger partial charge is 0.289 e. The number of furan rings is 1. The van der Waals surface area contributed by atoms with Gasteiger partial charge in [-0.25, -0.2) is 0 Å². The van der Waals surface area contributed by atoms with Gasteiger partial charge in [0.15, 0.2) is 11.5 Å². The van der Waals surface area contributed by atoms with Crippen molar-refractivity contribution in [2.75, 3.05) is 13.7 Å². The van der Waals surface area contributed by atoms with E-state index in [-0.39, 0.29) is 11.3 Å². The van der Waals surface area contributed by atoms with Gasteiger partial charge in [0.2, 0.25) is 5.78 Å². The molecule has 3 rings (SSSR count). The fraction of sp³-hybridized carbons (Fsp3) is 0.300. The maximum Gasteiger partial charge on any atom is 0.289 e. The van der Waals surface area contributed by atoms with E-state index < -0.39 is 23.5 Å². The van der Waals surface area contributed by atoms with Crippen molar-refractivity contribution in [3.8, 4) is 5.75 Å². The van der Waals surface area contributed by atoms with Crippen molar-refractivity contribution in [3.63, 3.8) is 0 Å². The number of aliphatic hydroxyl groups excluding tert-OH is 1. The van der Waals surface area contributed by atoms with Crippen molar-refractivity contribution in [1.82, 2.24) is 4.90 Å². The zero-order valence-corrected chi connectivity index (χ0v) is 15.0. The Balaban J connectivity index is 2.01. The average Bonchev–Trinajstić information content (AvgIpc) is 3.17. The van der Waals surface area contributed by atoms with Crippen molar-refractivity contribution in [1.29, 1.82) is 0 Å². The molecule has 1 N–H and O–H groups in total. The molecule has 6 nitrogen and oxygen atoms in total. The normalized spacial score (nSPS) is 17.1. The Hall–Kier alpha value is -3.02. The van der Waals surface area contributed by atoms with Gasteiger partial charge < -0.3 is 19.2 Å². The molecule has 136 valence electrons. The molecule has 1 unspecified atom stereocenters. The number of hydrogen-bond acceptors (Lipinski definition) is 5. The van der Waals surface area contributed by atoms with Gasteiger partial charge in [-0.2, -0.15) is 0 Å². The van der Waals surface area contributed by atoms with Crippen molar-refractivity contribution in [3.05, 3.63) is 64.8 Å². The maximum absolute atomic E-state index is 12.9. The fourth-order valence-corrected chi connectivity index (χ4v) is 3.03. The van der Waals surface area contributed by atoms with E-state index in [0.29, 0.717) is 23.7 Å². The highest BCUT2D eigenvalue weighted by molar-refractivity contribution is 6.14. The molecule has 1 aliphatic heterocycles. The highest BCUT2D eigenvalue weighted by atomic mass is 16.5. The van der Waals surface area contributed by atoms with Gasteiger partial charge in [-0.15, -0.1) is 0 Å². The summed E-state index contributed by atoms with van der Waals surface area (Å²) in [5.41, 5.74) is 0.699. The predicted octanol–water partition coefficient (Wildman–Crippen LogP) is 3.58. The number of benzene rings is 1. The molecular formula is C20H21NO5. The monoisotopic (exact) mass is 355 g/mol. The number of aryl methyl sites for hydroxylation is 1. The van der Waals surface area contributed by atoms with Crippen LogP contribution in [0.3, 0.4) is 0 Å². The quantitative estimate of drug-likeness (QED) is 0.801. The number of carbonyl (C=O) groups excluding carboxylic acids is 2. The first-order valence-electron chi connectivity index (χ1n) is 8.48. The van der Waals surface area contributed by atoms with Crippen molar-refractivity contribution < 1.29 is 23.8 Å². The van der Waals surface area contributed by atoms with Crippen LogP contribution in [-0.4, -0.2) is 35.4 Å². The highest BCUT2D eigenvalue weighted by Crippen LogP contribution is 2.38. The number of amides is 1. The van der Waals surface area contributed by atoms with Gasteiger partial charge in [-0.05, 0) is 43.2 Å². The minimum Gasteiger partial charge on any atom is -0.503 e. The van der Waals surface area contributed by atoms with Crippen LogP contribution in [0.4, 0.5) is 0 Å². The van der Waals surface area contributed by atoms with E-state index in [9.17, 15) is 14.7 Å². The van der Waals surface area contributed by atoms with E-state index in [1.54, 1.807) is 44.3 Å². The lowest BCUT2D eigenvalue weighted by Crippen LogP contribution is -2.26. The molecule has 0 spiro atoms. The van der Waals surface area contributed by atoms with Crippen LogP contribution in [0.15, 0.2) is 52.1 Å². The molecule has 0 radical (unpaired) electrons. The van der Waals surface area contributed by atoms with Gasteiger partial charge in [0.1, 0.15) is 11.5 Å². The molecule has 0 saturated carbocycles. The first kappa shape index (κ1) is 17.8. The number of nitrogens with zero attached hydrogens (tertiary/aromatic N) is 1. The molecule has 0 fully saturated rings. The minimum atomic E-state index is -0.703. The number of ether oxygens (including phenoxy) is 1. The average molecular weight is 355 g/mol. The third-order valence-electron chi connectivity index (χ3n) is 4.29. The number of hydrogen-bond donors (Lipinski definition) is 1. The summed E-state index contributed by atoms with van der Waals surface area (Å²) in [6.07, 6.45) is 0.869. The SMILES string of the molecule is CCCOc1cccc(C2C(C(=O)c3ccc(C)o3)=C(O)C(=O)N2C)c1. The van der Waals surface area contributed by atoms with Gasteiger partial charge >= 0.3 is 0 Å². The minimum absolute atomic E-state index is 0.0134. The lowest BCUT2D eigenvalue weighted by Gasteiger charge is -2.22. The van der Waals surface area contributed by atoms with E-state index in [1.807, 2.05) is 13.0 Å². The molecule has 2 heterocycles. The maximum atomic E-state index is 12.9. The highest BCUT2D eigenvalue weighted by Gasteiger charge is 2.42. The molecule has 6 heteroatoms. The van der Waals surface area contributed by atoms with Crippen LogP contribution in [0.5, 0.6) is 5.75 Å². The summed E-state index contributed by atoms with van der Waals surface area (Å²) in [6.45, 7) is 4.31. The topological polar surface area (TPSA) is 80.0 Å². The van der Waals surface area contributed by atoms with Crippen LogP contribution in [0, 0.1) is 6.92 Å². The third kappa shape index (κ3) is 3.10. The summed E-state index contributed by atoms with van der Waals surface area (Å²) in [7, 11) is 1.55. The fourth-order valence-electron chi connectivity index (χ4n) is 3.03. The lowest BCUT2D eigenvalue weighted by molar-refractivity contribution is -0.128. The zero-order valence-electron chi connectivity index (χ0n) is 15.0. The Morgan fingerprint density at radius 2 is 2.08 bits per heavy atom. The molecule has 0 saturated heterocycles. The number of carbonyl (C=O) groups is 2. The second-order valence-corrected chi connectivity index (χ2v) is 6.24. The van der Waals surface area contributed by atoms with Crippen molar-refractivity contribution >= 4 is 11.7 Å². The molecule has 26 heavy (non-hydrogen) atoms. The zero-order chi connectivity index (χ0) is 18.8. The lowest BCUT2D eigenvalue weighted by atomic mass is 9.95. The third-order valence-corrected chi connectivity index (χ3v) is 4.29. The van der Waals surface area contributed by atoms with Gasteiger partial charge in [-0.3, -0.25) is 9.59 Å². The second-order valence-electron chi connectivity index (χ2n) is 6.24. The summed E-state index contributed by atoms with van der Waals surface area (Å²) in [4.78, 5) is 26.5. The van der Waals surface area contributed by atoms with E-state index in [1.165, 1.54) is 4.90 Å². The summed E-state index contributed by atoms with van der Waals surface area (Å²) in [5, 5.41) is 10.3. The van der Waals surface area contributed by atoms with Crippen LogP contribution in [0.25, 0.3) is 0 Å². The van der Waals surface area contributed by atoms with Crippen LogP contribution in [-0.2, 0) is 4.79 Å². The number of ketones is 1. The molecule has 1 atom stereocenters. The number of rotatable bonds is 6. The summed E-state index contributed by atoms with van der Waals surface area (Å²) >= 11 is 0. The first-order valence-corrected chi connectivity index (χ1v) is 8.48. The molecular weight excluding hydrogens is 334 g/mol. The predicted molar refractivity (Wildman–Crippen MR) is 95.2 cm³/mol. The van der Waals surface area contributed by atoms with Crippen molar-refractivity contribution in [2.24, 2.45) is 0 Å².